The first kappa shape index (κ1) is 29.1. The van der Waals surface area contributed by atoms with Crippen molar-refractivity contribution < 1.29 is 33.6 Å². The highest BCUT2D eigenvalue weighted by Crippen LogP contribution is 2.75. The lowest BCUT2D eigenvalue weighted by molar-refractivity contribution is -0.204. The zero-order valence-electron chi connectivity index (χ0n) is 24.0. The number of amides is 2. The Kier molecular flexibility index (Phi) is 6.36. The van der Waals surface area contributed by atoms with Gasteiger partial charge in [-0.2, -0.15) is 0 Å². The Balaban J connectivity index is 1.09. The van der Waals surface area contributed by atoms with E-state index in [0.29, 0.717) is 55.0 Å². The number of aromatic hydroxyl groups is 1. The summed E-state index contributed by atoms with van der Waals surface area (Å²) in [4.78, 5) is 51.0. The van der Waals surface area contributed by atoms with Gasteiger partial charge in [0.2, 0.25) is 11.8 Å². The van der Waals surface area contributed by atoms with Crippen LogP contribution in [0, 0.1) is 10.8 Å². The summed E-state index contributed by atoms with van der Waals surface area (Å²) in [5.74, 6) is 0.263. The smallest absolute Gasteiger partial charge is 0.507 e. The number of carbonyl (C=O) groups excluding carboxylic acids is 2. The first-order valence-electron chi connectivity index (χ1n) is 14.8. The third-order valence-electron chi connectivity index (χ3n) is 10.3. The molecule has 2 atom stereocenters. The molecule has 3 aliphatic carbocycles. The van der Waals surface area contributed by atoms with Crippen LogP contribution in [0.5, 0.6) is 11.5 Å². The highest BCUT2D eigenvalue weighted by Gasteiger charge is 2.76. The van der Waals surface area contributed by atoms with Crippen molar-refractivity contribution in [2.75, 3.05) is 34.6 Å². The van der Waals surface area contributed by atoms with Gasteiger partial charge in [-0.1, -0.05) is 48.5 Å². The molecule has 12 heteroatoms. The Morgan fingerprint density at radius 3 is 1.71 bits per heavy atom. The molecule has 2 bridgehead atoms. The lowest BCUT2D eigenvalue weighted by Crippen LogP contribution is -2.73. The van der Waals surface area contributed by atoms with Crippen LogP contribution in [-0.4, -0.2) is 51.6 Å². The number of phosphoric acid groups is 1. The Morgan fingerprint density at radius 2 is 1.22 bits per heavy atom. The van der Waals surface area contributed by atoms with E-state index in [9.17, 15) is 29.0 Å². The molecule has 4 aromatic rings. The zero-order chi connectivity index (χ0) is 31.5. The number of hydrogen-bond acceptors (Lipinski definition) is 5. The first-order valence-corrected chi connectivity index (χ1v) is 17.4. The SMILES string of the molecule is O=C(N1C[C@@H](CCl)c2c1cc(O)c1ccccc21)C12CC(C(=O)N3C[C@@H](CCl)c4c3cc(OP(=O)(O)O)c3ccccc43)(C1)C2. The minimum absolute atomic E-state index is 0.00716. The number of carbonyl (C=O) groups is 2. The molecule has 4 aromatic carbocycles. The minimum atomic E-state index is -4.88. The van der Waals surface area contributed by atoms with Gasteiger partial charge in [-0.05, 0) is 41.2 Å². The van der Waals surface area contributed by atoms with E-state index in [2.05, 4.69) is 0 Å². The lowest BCUT2D eigenvalue weighted by Gasteiger charge is -2.69. The number of nitrogens with zero attached hydrogens (tertiary/aromatic N) is 2. The number of hydrogen-bond donors (Lipinski definition) is 3. The van der Waals surface area contributed by atoms with Gasteiger partial charge < -0.3 is 19.4 Å². The highest BCUT2D eigenvalue weighted by molar-refractivity contribution is 7.46. The molecule has 2 aliphatic heterocycles. The fourth-order valence-corrected chi connectivity index (χ4v) is 9.41. The van der Waals surface area contributed by atoms with Gasteiger partial charge in [-0.3, -0.25) is 19.4 Å². The molecule has 45 heavy (non-hydrogen) atoms. The fourth-order valence-electron chi connectivity index (χ4n) is 8.49. The van der Waals surface area contributed by atoms with Crippen molar-refractivity contribution in [2.45, 2.75) is 31.1 Å². The summed E-state index contributed by atoms with van der Waals surface area (Å²) < 4.78 is 16.9. The van der Waals surface area contributed by atoms with Crippen molar-refractivity contribution in [1.82, 2.24) is 0 Å². The number of phenolic OH excluding ortho intramolecular Hbond substituents is 1. The second-order valence-corrected chi connectivity index (χ2v) is 14.7. The van der Waals surface area contributed by atoms with Crippen molar-refractivity contribution >= 4 is 75.8 Å². The Morgan fingerprint density at radius 1 is 0.778 bits per heavy atom. The van der Waals surface area contributed by atoms with Gasteiger partial charge in [0, 0.05) is 59.6 Å². The molecule has 9 rings (SSSR count). The van der Waals surface area contributed by atoms with Gasteiger partial charge in [0.15, 0.2) is 0 Å². The maximum atomic E-state index is 14.2. The number of halogens is 2. The molecule has 0 aromatic heterocycles. The molecule has 0 spiro atoms. The summed E-state index contributed by atoms with van der Waals surface area (Å²) in [5, 5.41) is 13.7. The summed E-state index contributed by atoms with van der Waals surface area (Å²) in [6.45, 7) is 0.743. The van der Waals surface area contributed by atoms with Crippen LogP contribution in [-0.2, 0) is 14.2 Å². The van der Waals surface area contributed by atoms with Gasteiger partial charge >= 0.3 is 7.82 Å². The molecule has 3 fully saturated rings. The molecule has 3 saturated carbocycles. The van der Waals surface area contributed by atoms with Crippen molar-refractivity contribution in [3.63, 3.8) is 0 Å². The summed E-state index contributed by atoms with van der Waals surface area (Å²) in [6, 6.07) is 17.9. The quantitative estimate of drug-likeness (QED) is 0.161. The van der Waals surface area contributed by atoms with Crippen LogP contribution in [0.3, 0.4) is 0 Å². The van der Waals surface area contributed by atoms with Gasteiger partial charge in [0.05, 0.1) is 22.2 Å². The van der Waals surface area contributed by atoms with E-state index in [4.69, 9.17) is 27.7 Å². The van der Waals surface area contributed by atoms with Gasteiger partial charge in [-0.15, -0.1) is 23.2 Å². The third kappa shape index (κ3) is 4.11. The van der Waals surface area contributed by atoms with E-state index in [-0.39, 0.29) is 41.0 Å². The van der Waals surface area contributed by atoms with Crippen LogP contribution in [0.2, 0.25) is 0 Å². The average molecular weight is 667 g/mol. The van der Waals surface area contributed by atoms with Gasteiger partial charge in [0.1, 0.15) is 11.5 Å². The second kappa shape index (κ2) is 9.84. The number of phosphoric ester groups is 1. The molecule has 2 amide bonds. The monoisotopic (exact) mass is 666 g/mol. The highest BCUT2D eigenvalue weighted by atomic mass is 35.5. The van der Waals surface area contributed by atoms with Crippen LogP contribution in [0.25, 0.3) is 21.5 Å². The van der Waals surface area contributed by atoms with Crippen molar-refractivity contribution in [3.05, 3.63) is 71.8 Å². The first-order chi connectivity index (χ1) is 21.5. The molecule has 9 nitrogen and oxygen atoms in total. The topological polar surface area (TPSA) is 128 Å². The molecule has 3 N–H and O–H groups in total. The molecule has 2 heterocycles. The summed E-state index contributed by atoms with van der Waals surface area (Å²) in [6.07, 6.45) is 1.22. The van der Waals surface area contributed by atoms with E-state index in [0.717, 1.165) is 27.3 Å². The van der Waals surface area contributed by atoms with Crippen molar-refractivity contribution in [1.29, 1.82) is 0 Å². The fraction of sp³-hybridized carbons (Fsp3) is 0.333. The largest absolute Gasteiger partial charge is 0.524 e. The van der Waals surface area contributed by atoms with Crippen LogP contribution < -0.4 is 14.3 Å². The maximum absolute atomic E-state index is 14.2. The van der Waals surface area contributed by atoms with E-state index in [1.807, 2.05) is 36.4 Å². The molecule has 0 radical (unpaired) electrons. The molecule has 0 saturated heterocycles. The maximum Gasteiger partial charge on any atom is 0.524 e. The molecule has 0 unspecified atom stereocenters. The van der Waals surface area contributed by atoms with E-state index < -0.39 is 18.7 Å². The average Bonchev–Trinajstić information content (AvgIpc) is 3.53. The molecular weight excluding hydrogens is 638 g/mol. The normalized spacial score (nSPS) is 26.4. The summed E-state index contributed by atoms with van der Waals surface area (Å²) in [5.41, 5.74) is 1.64. The predicted octanol–water partition coefficient (Wildman–Crippen LogP) is 6.38. The predicted molar refractivity (Wildman–Crippen MR) is 173 cm³/mol. The third-order valence-corrected chi connectivity index (χ3v) is 11.5. The number of fused-ring (bicyclic) bond motifs is 6. The summed E-state index contributed by atoms with van der Waals surface area (Å²) >= 11 is 12.8. The molecular formula is C33H29Cl2N2O7P. The lowest BCUT2D eigenvalue weighted by atomic mass is 9.34. The van der Waals surface area contributed by atoms with E-state index >= 15 is 0 Å². The number of rotatable bonds is 6. The van der Waals surface area contributed by atoms with E-state index in [1.54, 1.807) is 28.0 Å². The van der Waals surface area contributed by atoms with Crippen molar-refractivity contribution in [3.8, 4) is 11.5 Å². The summed E-state index contributed by atoms with van der Waals surface area (Å²) in [7, 11) is -4.88. The second-order valence-electron chi connectivity index (χ2n) is 12.9. The zero-order valence-corrected chi connectivity index (χ0v) is 26.4. The molecule has 5 aliphatic rings. The standard InChI is InChI=1S/C33H29Cl2N2O7P/c34-11-18-13-36(24-9-26(38)20-5-1-3-7-22(20)28(18)24)30(39)32-15-33(16-32,17-32)31(40)37-14-19(12-35)29-23-8-4-2-6-21(23)27(10-25(29)37)44-45(41,42)43/h1-10,18-19,38H,11-17H2,(H2,41,42,43)/t18-,19-,32?,33?/m1/s1. The van der Waals surface area contributed by atoms with E-state index in [1.165, 1.54) is 6.07 Å². The number of phenols is 1. The van der Waals surface area contributed by atoms with Crippen LogP contribution in [0.4, 0.5) is 11.4 Å². The Hall–Kier alpha value is -3.33. The van der Waals surface area contributed by atoms with Gasteiger partial charge in [0.25, 0.3) is 0 Å². The number of anilines is 2. The minimum Gasteiger partial charge on any atom is -0.507 e. The molecule has 232 valence electrons. The van der Waals surface area contributed by atoms with Crippen LogP contribution in [0.15, 0.2) is 60.7 Å². The van der Waals surface area contributed by atoms with Crippen LogP contribution in [0.1, 0.15) is 42.2 Å². The Labute approximate surface area is 268 Å². The van der Waals surface area contributed by atoms with Crippen LogP contribution >= 0.6 is 31.0 Å². The number of alkyl halides is 2. The Bertz CT molecular complexity index is 1990. The van der Waals surface area contributed by atoms with Gasteiger partial charge in [-0.25, -0.2) is 4.57 Å². The van der Waals surface area contributed by atoms with Crippen molar-refractivity contribution in [2.24, 2.45) is 10.8 Å². The number of benzene rings is 4.